The minimum absolute atomic E-state index is 0.0433. The highest BCUT2D eigenvalue weighted by Crippen LogP contribution is 2.26. The molecule has 4 nitrogen and oxygen atoms in total. The largest absolute Gasteiger partial charge is 0.483 e. The Morgan fingerprint density at radius 2 is 2.00 bits per heavy atom. The van der Waals surface area contributed by atoms with E-state index in [1.165, 1.54) is 5.56 Å². The van der Waals surface area contributed by atoms with Gasteiger partial charge in [0.05, 0.1) is 4.47 Å². The summed E-state index contributed by atoms with van der Waals surface area (Å²) in [7, 11) is 0. The molecule has 0 aliphatic heterocycles. The molecule has 0 saturated heterocycles. The van der Waals surface area contributed by atoms with E-state index in [1.54, 1.807) is 0 Å². The Morgan fingerprint density at radius 1 is 1.29 bits per heavy atom. The van der Waals surface area contributed by atoms with Crippen molar-refractivity contribution in [3.05, 3.63) is 28.2 Å². The Labute approximate surface area is 135 Å². The van der Waals surface area contributed by atoms with Crippen LogP contribution in [-0.2, 0) is 11.3 Å². The Kier molecular flexibility index (Phi) is 8.38. The molecular weight excluding hydrogens is 332 g/mol. The van der Waals surface area contributed by atoms with Gasteiger partial charge in [0, 0.05) is 12.6 Å². The van der Waals surface area contributed by atoms with Gasteiger partial charge in [0.2, 0.25) is 0 Å². The molecule has 2 N–H and O–H groups in total. The van der Waals surface area contributed by atoms with E-state index < -0.39 is 0 Å². The number of ether oxygens (including phenoxy) is 1. The van der Waals surface area contributed by atoms with E-state index in [-0.39, 0.29) is 18.6 Å². The molecule has 0 fully saturated rings. The smallest absolute Gasteiger partial charge is 0.258 e. The number of nitrogens with one attached hydrogen (secondary N) is 2. The van der Waals surface area contributed by atoms with Gasteiger partial charge in [0.1, 0.15) is 5.75 Å². The summed E-state index contributed by atoms with van der Waals surface area (Å²) in [6.45, 7) is 8.01. The summed E-state index contributed by atoms with van der Waals surface area (Å²) in [6, 6.07) is 6.13. The van der Waals surface area contributed by atoms with Gasteiger partial charge in [-0.2, -0.15) is 0 Å². The molecule has 0 radical (unpaired) electrons. The quantitative estimate of drug-likeness (QED) is 0.713. The monoisotopic (exact) mass is 356 g/mol. The van der Waals surface area contributed by atoms with Gasteiger partial charge in [-0.1, -0.05) is 26.8 Å². The second kappa shape index (κ2) is 9.79. The van der Waals surface area contributed by atoms with Crippen molar-refractivity contribution in [1.82, 2.24) is 10.6 Å². The van der Waals surface area contributed by atoms with Crippen LogP contribution in [0.3, 0.4) is 0 Å². The Hall–Kier alpha value is -1.07. The number of carbonyl (C=O) groups excluding carboxylic acids is 1. The van der Waals surface area contributed by atoms with Crippen molar-refractivity contribution in [2.24, 2.45) is 0 Å². The van der Waals surface area contributed by atoms with Gasteiger partial charge in [-0.25, -0.2) is 0 Å². The maximum absolute atomic E-state index is 11.8. The van der Waals surface area contributed by atoms with Gasteiger partial charge in [-0.05, 0) is 53.0 Å². The van der Waals surface area contributed by atoms with E-state index in [0.29, 0.717) is 5.75 Å². The third kappa shape index (κ3) is 6.48. The number of benzene rings is 1. The molecule has 0 bridgehead atoms. The van der Waals surface area contributed by atoms with Crippen LogP contribution in [0.4, 0.5) is 0 Å². The van der Waals surface area contributed by atoms with Crippen LogP contribution in [0, 0.1) is 0 Å². The number of rotatable bonds is 9. The number of halogens is 1. The maximum Gasteiger partial charge on any atom is 0.258 e. The number of amides is 1. The molecular formula is C16H25BrN2O2. The summed E-state index contributed by atoms with van der Waals surface area (Å²) in [5, 5.41) is 6.23. The van der Waals surface area contributed by atoms with Crippen molar-refractivity contribution in [1.29, 1.82) is 0 Å². The fourth-order valence-electron chi connectivity index (χ4n) is 1.95. The average molecular weight is 357 g/mol. The van der Waals surface area contributed by atoms with Crippen molar-refractivity contribution in [3.8, 4) is 5.75 Å². The predicted octanol–water partition coefficient (Wildman–Crippen LogP) is 3.24. The van der Waals surface area contributed by atoms with Crippen LogP contribution >= 0.6 is 15.9 Å². The zero-order valence-electron chi connectivity index (χ0n) is 13.0. The lowest BCUT2D eigenvalue weighted by Gasteiger charge is -2.15. The first-order valence-corrected chi connectivity index (χ1v) is 8.31. The minimum Gasteiger partial charge on any atom is -0.483 e. The molecule has 1 rings (SSSR count). The summed E-state index contributed by atoms with van der Waals surface area (Å²) in [4.78, 5) is 11.8. The Balaban J connectivity index is 2.49. The molecule has 0 aliphatic carbocycles. The number of hydrogen-bond donors (Lipinski definition) is 2. The first-order chi connectivity index (χ1) is 10.1. The second-order valence-corrected chi connectivity index (χ2v) is 5.77. The third-order valence-corrected chi connectivity index (χ3v) is 3.90. The van der Waals surface area contributed by atoms with Gasteiger partial charge < -0.3 is 15.4 Å². The second-order valence-electron chi connectivity index (χ2n) is 4.91. The molecule has 0 heterocycles. The molecule has 1 aromatic carbocycles. The standard InChI is InChI=1S/C16H25BrN2O2/c1-4-13(5-2)19-16(20)11-21-15-8-7-12(9-14(15)17)10-18-6-3/h7-9,13,18H,4-6,10-11H2,1-3H3,(H,19,20). The lowest BCUT2D eigenvalue weighted by Crippen LogP contribution is -2.37. The first kappa shape index (κ1) is 18.0. The number of carbonyl (C=O) groups is 1. The highest BCUT2D eigenvalue weighted by atomic mass is 79.9. The molecule has 0 saturated carbocycles. The SMILES string of the molecule is CCNCc1ccc(OCC(=O)NC(CC)CC)c(Br)c1. The summed E-state index contributed by atoms with van der Waals surface area (Å²) in [5.74, 6) is 0.613. The third-order valence-electron chi connectivity index (χ3n) is 3.28. The van der Waals surface area contributed by atoms with E-state index >= 15 is 0 Å². The van der Waals surface area contributed by atoms with Crippen molar-refractivity contribution in [2.45, 2.75) is 46.2 Å². The zero-order chi connectivity index (χ0) is 15.7. The van der Waals surface area contributed by atoms with Crippen LogP contribution in [-0.4, -0.2) is 25.1 Å². The van der Waals surface area contributed by atoms with Gasteiger partial charge in [0.15, 0.2) is 6.61 Å². The normalized spacial score (nSPS) is 10.7. The Bertz CT molecular complexity index is 448. The van der Waals surface area contributed by atoms with E-state index in [4.69, 9.17) is 4.74 Å². The van der Waals surface area contributed by atoms with Gasteiger partial charge >= 0.3 is 0 Å². The molecule has 118 valence electrons. The lowest BCUT2D eigenvalue weighted by atomic mass is 10.2. The maximum atomic E-state index is 11.8. The summed E-state index contributed by atoms with van der Waals surface area (Å²) >= 11 is 3.48. The van der Waals surface area contributed by atoms with Crippen LogP contribution in [0.15, 0.2) is 22.7 Å². The van der Waals surface area contributed by atoms with Gasteiger partial charge in [-0.15, -0.1) is 0 Å². The van der Waals surface area contributed by atoms with Crippen LogP contribution in [0.1, 0.15) is 39.2 Å². The topological polar surface area (TPSA) is 50.4 Å². The van der Waals surface area contributed by atoms with Crippen LogP contribution in [0.25, 0.3) is 0 Å². The summed E-state index contributed by atoms with van der Waals surface area (Å²) in [5.41, 5.74) is 1.18. The van der Waals surface area contributed by atoms with Gasteiger partial charge in [-0.3, -0.25) is 4.79 Å². The molecule has 0 aliphatic rings. The predicted molar refractivity (Wildman–Crippen MR) is 89.5 cm³/mol. The molecule has 0 aromatic heterocycles. The fraction of sp³-hybridized carbons (Fsp3) is 0.562. The van der Waals surface area contributed by atoms with Crippen molar-refractivity contribution in [3.63, 3.8) is 0 Å². The van der Waals surface area contributed by atoms with Crippen molar-refractivity contribution >= 4 is 21.8 Å². The van der Waals surface area contributed by atoms with Gasteiger partial charge in [0.25, 0.3) is 5.91 Å². The average Bonchev–Trinajstić information content (AvgIpc) is 2.49. The molecule has 0 spiro atoms. The van der Waals surface area contributed by atoms with E-state index in [0.717, 1.165) is 30.4 Å². The van der Waals surface area contributed by atoms with Crippen molar-refractivity contribution in [2.75, 3.05) is 13.2 Å². The summed E-state index contributed by atoms with van der Waals surface area (Å²) in [6.07, 6.45) is 1.87. The summed E-state index contributed by atoms with van der Waals surface area (Å²) < 4.78 is 6.44. The van der Waals surface area contributed by atoms with Crippen molar-refractivity contribution < 1.29 is 9.53 Å². The minimum atomic E-state index is -0.0765. The van der Waals surface area contributed by atoms with E-state index in [1.807, 2.05) is 18.2 Å². The zero-order valence-corrected chi connectivity index (χ0v) is 14.6. The number of hydrogen-bond acceptors (Lipinski definition) is 3. The highest BCUT2D eigenvalue weighted by Gasteiger charge is 2.10. The Morgan fingerprint density at radius 3 is 2.57 bits per heavy atom. The van der Waals surface area contributed by atoms with Crippen LogP contribution in [0.5, 0.6) is 5.75 Å². The molecule has 21 heavy (non-hydrogen) atoms. The van der Waals surface area contributed by atoms with E-state index in [2.05, 4.69) is 47.3 Å². The van der Waals surface area contributed by atoms with Crippen LogP contribution < -0.4 is 15.4 Å². The van der Waals surface area contributed by atoms with E-state index in [9.17, 15) is 4.79 Å². The highest BCUT2D eigenvalue weighted by molar-refractivity contribution is 9.10. The van der Waals surface area contributed by atoms with Crippen LogP contribution in [0.2, 0.25) is 0 Å². The molecule has 1 aromatic rings. The first-order valence-electron chi connectivity index (χ1n) is 7.51. The lowest BCUT2D eigenvalue weighted by molar-refractivity contribution is -0.123. The fourth-order valence-corrected chi connectivity index (χ4v) is 2.49. The molecule has 1 amide bonds. The molecule has 0 atom stereocenters. The molecule has 5 heteroatoms. The molecule has 0 unspecified atom stereocenters.